The maximum Gasteiger partial charge on any atom is 0.317 e. The van der Waals surface area contributed by atoms with Crippen LogP contribution in [0.2, 0.25) is 0 Å². The number of nitrogens with zero attached hydrogens (tertiary/aromatic N) is 2. The maximum atomic E-state index is 12.5. The Hall–Kier alpha value is -2.69. The third kappa shape index (κ3) is 5.66. The van der Waals surface area contributed by atoms with E-state index in [1.807, 2.05) is 30.0 Å². The van der Waals surface area contributed by atoms with Crippen molar-refractivity contribution in [1.29, 1.82) is 0 Å². The molecule has 1 saturated heterocycles. The van der Waals surface area contributed by atoms with Crippen molar-refractivity contribution in [2.45, 2.75) is 33.1 Å². The molecule has 0 aromatic heterocycles. The Morgan fingerprint density at radius 2 is 1.72 bits per heavy atom. The number of urea groups is 1. The van der Waals surface area contributed by atoms with Crippen LogP contribution in [0.15, 0.2) is 48.5 Å². The highest BCUT2D eigenvalue weighted by atomic mass is 16.5. The van der Waals surface area contributed by atoms with Crippen LogP contribution in [0.25, 0.3) is 0 Å². The molecule has 0 aliphatic carbocycles. The van der Waals surface area contributed by atoms with Crippen LogP contribution in [0, 0.1) is 0 Å². The van der Waals surface area contributed by atoms with Crippen molar-refractivity contribution in [2.75, 3.05) is 44.2 Å². The van der Waals surface area contributed by atoms with Crippen molar-refractivity contribution in [3.05, 3.63) is 59.7 Å². The molecule has 0 unspecified atom stereocenters. The molecule has 1 fully saturated rings. The third-order valence-electron chi connectivity index (χ3n) is 5.41. The van der Waals surface area contributed by atoms with Crippen molar-refractivity contribution >= 4 is 11.7 Å². The quantitative estimate of drug-likeness (QED) is 0.761. The van der Waals surface area contributed by atoms with Crippen LogP contribution in [0.1, 0.15) is 37.8 Å². The number of hydrogen-bond donors (Lipinski definition) is 1. The number of piperazine rings is 1. The average molecular weight is 396 g/mol. The van der Waals surface area contributed by atoms with Crippen molar-refractivity contribution < 1.29 is 9.53 Å². The van der Waals surface area contributed by atoms with E-state index < -0.39 is 0 Å². The van der Waals surface area contributed by atoms with Gasteiger partial charge in [-0.1, -0.05) is 50.2 Å². The van der Waals surface area contributed by atoms with Crippen molar-refractivity contribution in [1.82, 2.24) is 10.2 Å². The van der Waals surface area contributed by atoms with Crippen LogP contribution in [0.4, 0.5) is 10.5 Å². The lowest BCUT2D eigenvalue weighted by Gasteiger charge is -2.36. The van der Waals surface area contributed by atoms with Gasteiger partial charge in [0.25, 0.3) is 0 Å². The third-order valence-corrected chi connectivity index (χ3v) is 5.41. The van der Waals surface area contributed by atoms with Gasteiger partial charge in [-0.25, -0.2) is 4.79 Å². The number of hydrogen-bond acceptors (Lipinski definition) is 3. The van der Waals surface area contributed by atoms with Gasteiger partial charge in [0.05, 0.1) is 12.3 Å². The Kier molecular flexibility index (Phi) is 7.39. The lowest BCUT2D eigenvalue weighted by molar-refractivity contribution is 0.194. The molecule has 1 aliphatic heterocycles. The van der Waals surface area contributed by atoms with E-state index in [1.165, 1.54) is 11.1 Å². The normalized spacial score (nSPS) is 14.2. The molecule has 29 heavy (non-hydrogen) atoms. The van der Waals surface area contributed by atoms with Gasteiger partial charge in [0.2, 0.25) is 0 Å². The first-order valence-corrected chi connectivity index (χ1v) is 10.7. The summed E-state index contributed by atoms with van der Waals surface area (Å²) in [4.78, 5) is 16.7. The minimum atomic E-state index is 0.0292. The molecule has 1 heterocycles. The second kappa shape index (κ2) is 10.2. The Balaban J connectivity index is 1.44. The molecule has 5 heteroatoms. The minimum Gasteiger partial charge on any atom is -0.492 e. The molecule has 3 rings (SSSR count). The van der Waals surface area contributed by atoms with E-state index in [0.29, 0.717) is 19.1 Å². The number of para-hydroxylation sites is 2. The molecular weight excluding hydrogens is 362 g/mol. The van der Waals surface area contributed by atoms with Crippen LogP contribution >= 0.6 is 0 Å². The molecule has 2 aromatic carbocycles. The first kappa shape index (κ1) is 21.0. The SMILES string of the molecule is CCOc1ccccc1N1CCN(C(=O)NCCc2ccc(C(C)C)cc2)CC1. The summed E-state index contributed by atoms with van der Waals surface area (Å²) in [5.41, 5.74) is 3.72. The molecule has 0 atom stereocenters. The highest BCUT2D eigenvalue weighted by Crippen LogP contribution is 2.28. The smallest absolute Gasteiger partial charge is 0.317 e. The highest BCUT2D eigenvalue weighted by molar-refractivity contribution is 5.74. The summed E-state index contributed by atoms with van der Waals surface area (Å²) in [6.45, 7) is 10.8. The van der Waals surface area contributed by atoms with E-state index in [4.69, 9.17) is 4.74 Å². The van der Waals surface area contributed by atoms with E-state index in [1.54, 1.807) is 0 Å². The van der Waals surface area contributed by atoms with Crippen LogP contribution in [-0.2, 0) is 6.42 Å². The van der Waals surface area contributed by atoms with E-state index in [-0.39, 0.29) is 6.03 Å². The number of carbonyl (C=O) groups is 1. The van der Waals surface area contributed by atoms with Gasteiger partial charge in [0.1, 0.15) is 5.75 Å². The van der Waals surface area contributed by atoms with Crippen LogP contribution in [0.5, 0.6) is 5.75 Å². The van der Waals surface area contributed by atoms with Crippen molar-refractivity contribution in [2.24, 2.45) is 0 Å². The summed E-state index contributed by atoms with van der Waals surface area (Å²) in [5.74, 6) is 1.46. The fourth-order valence-corrected chi connectivity index (χ4v) is 3.64. The van der Waals surface area contributed by atoms with Crippen LogP contribution in [-0.4, -0.2) is 50.3 Å². The van der Waals surface area contributed by atoms with E-state index in [0.717, 1.165) is 44.0 Å². The average Bonchev–Trinajstić information content (AvgIpc) is 2.75. The van der Waals surface area contributed by atoms with Crippen molar-refractivity contribution in [3.8, 4) is 5.75 Å². The molecule has 156 valence electrons. The minimum absolute atomic E-state index is 0.0292. The molecular formula is C24H33N3O2. The zero-order valence-corrected chi connectivity index (χ0v) is 17.9. The first-order chi connectivity index (χ1) is 14.1. The molecule has 2 aromatic rings. The van der Waals surface area contributed by atoms with Gasteiger partial charge in [-0.2, -0.15) is 0 Å². The van der Waals surface area contributed by atoms with Gasteiger partial charge < -0.3 is 19.9 Å². The summed E-state index contributed by atoms with van der Waals surface area (Å²) in [7, 11) is 0. The lowest BCUT2D eigenvalue weighted by atomic mass is 10.0. The Morgan fingerprint density at radius 1 is 1.03 bits per heavy atom. The van der Waals surface area contributed by atoms with Gasteiger partial charge >= 0.3 is 6.03 Å². The second-order valence-electron chi connectivity index (χ2n) is 7.75. The number of amides is 2. The summed E-state index contributed by atoms with van der Waals surface area (Å²) >= 11 is 0. The Morgan fingerprint density at radius 3 is 2.38 bits per heavy atom. The topological polar surface area (TPSA) is 44.8 Å². The molecule has 0 radical (unpaired) electrons. The highest BCUT2D eigenvalue weighted by Gasteiger charge is 2.22. The van der Waals surface area contributed by atoms with E-state index in [9.17, 15) is 4.79 Å². The molecule has 1 aliphatic rings. The molecule has 5 nitrogen and oxygen atoms in total. The lowest BCUT2D eigenvalue weighted by Crippen LogP contribution is -2.52. The Bertz CT molecular complexity index is 781. The number of anilines is 1. The standard InChI is InChI=1S/C24H33N3O2/c1-4-29-23-8-6-5-7-22(23)26-15-17-27(18-16-26)24(28)25-14-13-20-9-11-21(12-10-20)19(2)3/h5-12,19H,4,13-18H2,1-3H3,(H,25,28). The number of rotatable bonds is 7. The molecule has 0 bridgehead atoms. The first-order valence-electron chi connectivity index (χ1n) is 10.7. The molecule has 2 amide bonds. The predicted octanol–water partition coefficient (Wildman–Crippen LogP) is 4.28. The summed E-state index contributed by atoms with van der Waals surface area (Å²) in [6.07, 6.45) is 0.853. The largest absolute Gasteiger partial charge is 0.492 e. The van der Waals surface area contributed by atoms with Gasteiger partial charge in [0, 0.05) is 32.7 Å². The van der Waals surface area contributed by atoms with Gasteiger partial charge in [-0.05, 0) is 42.5 Å². The number of nitrogens with one attached hydrogen (secondary N) is 1. The number of benzene rings is 2. The maximum absolute atomic E-state index is 12.5. The summed E-state index contributed by atoms with van der Waals surface area (Å²) < 4.78 is 5.75. The van der Waals surface area contributed by atoms with Gasteiger partial charge in [-0.3, -0.25) is 0 Å². The molecule has 0 spiro atoms. The fourth-order valence-electron chi connectivity index (χ4n) is 3.64. The zero-order valence-electron chi connectivity index (χ0n) is 17.9. The number of carbonyl (C=O) groups excluding carboxylic acids is 1. The van der Waals surface area contributed by atoms with Gasteiger partial charge in [-0.15, -0.1) is 0 Å². The monoisotopic (exact) mass is 395 g/mol. The van der Waals surface area contributed by atoms with Crippen molar-refractivity contribution in [3.63, 3.8) is 0 Å². The van der Waals surface area contributed by atoms with E-state index >= 15 is 0 Å². The fraction of sp³-hybridized carbons (Fsp3) is 0.458. The second-order valence-corrected chi connectivity index (χ2v) is 7.75. The molecule has 1 N–H and O–H groups in total. The van der Waals surface area contributed by atoms with Gasteiger partial charge in [0.15, 0.2) is 0 Å². The zero-order chi connectivity index (χ0) is 20.6. The van der Waals surface area contributed by atoms with Crippen LogP contribution < -0.4 is 15.0 Å². The molecule has 0 saturated carbocycles. The van der Waals surface area contributed by atoms with Crippen LogP contribution in [0.3, 0.4) is 0 Å². The Labute approximate surface area is 174 Å². The summed E-state index contributed by atoms with van der Waals surface area (Å²) in [5, 5.41) is 3.07. The summed E-state index contributed by atoms with van der Waals surface area (Å²) in [6, 6.07) is 16.8. The number of ether oxygens (including phenoxy) is 1. The van der Waals surface area contributed by atoms with E-state index in [2.05, 4.69) is 54.4 Å². The predicted molar refractivity (Wildman–Crippen MR) is 119 cm³/mol.